The first-order chi connectivity index (χ1) is 2.50. The van der Waals surface area contributed by atoms with Crippen LogP contribution in [0, 0.1) is 0 Å². The number of rotatable bonds is 0. The smallest absolute Gasteiger partial charge is 0.229 e. The Morgan fingerprint density at radius 3 is 1.71 bits per heavy atom. The Kier molecular flexibility index (Phi) is 11.0. The van der Waals surface area contributed by atoms with Crippen molar-refractivity contribution in [2.24, 2.45) is 0 Å². The number of ether oxygens (including phenoxy) is 2. The van der Waals surface area contributed by atoms with Gasteiger partial charge in [0.15, 0.2) is 0 Å². The Labute approximate surface area is 78.8 Å². The molecule has 7 heavy (non-hydrogen) atoms. The average Bonchev–Trinajstić information content (AvgIpc) is 1.76. The molecule has 0 amide bonds. The Balaban J connectivity index is 0. The van der Waals surface area contributed by atoms with Crippen LogP contribution in [-0.4, -0.2) is 36.4 Å². The Morgan fingerprint density at radius 1 is 1.14 bits per heavy atom. The normalized spacial score (nSPS) is 12.6. The predicted octanol–water partition coefficient (Wildman–Crippen LogP) is 0.0786. The molecule has 1 rings (SSSR count). The molecule has 0 unspecified atom stereocenters. The van der Waals surface area contributed by atoms with Crippen LogP contribution in [0.2, 0.25) is 0 Å². The second kappa shape index (κ2) is 7.03. The molecule has 0 aliphatic carbocycles. The van der Waals surface area contributed by atoms with Gasteiger partial charge >= 0.3 is 0 Å². The van der Waals surface area contributed by atoms with Crippen molar-refractivity contribution in [2.75, 3.05) is 6.79 Å². The van der Waals surface area contributed by atoms with Crippen molar-refractivity contribution in [1.29, 1.82) is 0 Å². The first kappa shape index (κ1) is 10.9. The molecular formula is C3H4MoNaO2. The van der Waals surface area contributed by atoms with Crippen LogP contribution in [0.1, 0.15) is 0 Å². The van der Waals surface area contributed by atoms with Gasteiger partial charge in [-0.15, -0.1) is 0 Å². The van der Waals surface area contributed by atoms with Crippen molar-refractivity contribution in [2.45, 2.75) is 0 Å². The minimum Gasteiger partial charge on any atom is -0.462 e. The Bertz CT molecular complexity index is 50.9. The third-order valence-electron chi connectivity index (χ3n) is 0.384. The van der Waals surface area contributed by atoms with E-state index in [1.54, 1.807) is 0 Å². The summed E-state index contributed by atoms with van der Waals surface area (Å²) in [7, 11) is 0. The second-order valence-corrected chi connectivity index (χ2v) is 0.723. The topological polar surface area (TPSA) is 18.5 Å². The van der Waals surface area contributed by atoms with E-state index in [4.69, 9.17) is 0 Å². The van der Waals surface area contributed by atoms with Crippen LogP contribution >= 0.6 is 0 Å². The van der Waals surface area contributed by atoms with Crippen LogP contribution in [0.5, 0.6) is 0 Å². The molecule has 35 valence electrons. The van der Waals surface area contributed by atoms with Crippen LogP contribution in [-0.2, 0) is 30.5 Å². The molecule has 0 spiro atoms. The molecule has 0 saturated carbocycles. The minimum atomic E-state index is 0. The van der Waals surface area contributed by atoms with Gasteiger partial charge in [0.05, 0.1) is 0 Å². The van der Waals surface area contributed by atoms with Crippen molar-refractivity contribution in [1.82, 2.24) is 0 Å². The fourth-order valence-corrected chi connectivity index (χ4v) is 0.196. The van der Waals surface area contributed by atoms with Crippen LogP contribution in [0.4, 0.5) is 0 Å². The molecule has 2 nitrogen and oxygen atoms in total. The van der Waals surface area contributed by atoms with E-state index in [9.17, 15) is 0 Å². The molecule has 1 aliphatic rings. The van der Waals surface area contributed by atoms with Gasteiger partial charge in [-0.2, -0.15) is 0 Å². The van der Waals surface area contributed by atoms with Crippen molar-refractivity contribution in [3.63, 3.8) is 0 Å². The van der Waals surface area contributed by atoms with Gasteiger partial charge in [0.1, 0.15) is 12.5 Å². The average molecular weight is 191 g/mol. The van der Waals surface area contributed by atoms with Crippen LogP contribution < -0.4 is 0 Å². The van der Waals surface area contributed by atoms with Crippen molar-refractivity contribution >= 4 is 29.6 Å². The fourth-order valence-electron chi connectivity index (χ4n) is 0.196. The quantitative estimate of drug-likeness (QED) is 0.504. The molecule has 0 aromatic heterocycles. The van der Waals surface area contributed by atoms with E-state index in [-0.39, 0.29) is 50.6 Å². The first-order valence-corrected chi connectivity index (χ1v) is 1.38. The minimum absolute atomic E-state index is 0. The molecule has 0 bridgehead atoms. The van der Waals surface area contributed by atoms with Gasteiger partial charge in [-0.25, -0.2) is 0 Å². The van der Waals surface area contributed by atoms with Gasteiger partial charge in [-0.3, -0.25) is 0 Å². The summed E-state index contributed by atoms with van der Waals surface area (Å²) in [5, 5.41) is 0. The molecule has 0 saturated heterocycles. The predicted molar refractivity (Wildman–Crippen MR) is 21.9 cm³/mol. The zero-order valence-corrected chi connectivity index (χ0v) is 8.09. The van der Waals surface area contributed by atoms with Crippen molar-refractivity contribution < 1.29 is 30.5 Å². The SMILES string of the molecule is C1=COCO1.[Mo].[Na]. The van der Waals surface area contributed by atoms with Gasteiger partial charge in [0, 0.05) is 50.6 Å². The number of hydrogen-bond donors (Lipinski definition) is 0. The summed E-state index contributed by atoms with van der Waals surface area (Å²) in [4.78, 5) is 0. The Morgan fingerprint density at radius 2 is 1.57 bits per heavy atom. The van der Waals surface area contributed by atoms with Gasteiger partial charge < -0.3 is 9.47 Å². The number of hydrogen-bond acceptors (Lipinski definition) is 2. The molecule has 0 fully saturated rings. The van der Waals surface area contributed by atoms with E-state index in [0.717, 1.165) is 0 Å². The summed E-state index contributed by atoms with van der Waals surface area (Å²) in [6.07, 6.45) is 3.03. The van der Waals surface area contributed by atoms with Gasteiger partial charge in [0.2, 0.25) is 6.79 Å². The molecular weight excluding hydrogens is 187 g/mol. The third kappa shape index (κ3) is 4.89. The molecule has 1 aliphatic heterocycles. The van der Waals surface area contributed by atoms with Crippen LogP contribution in [0.3, 0.4) is 0 Å². The summed E-state index contributed by atoms with van der Waals surface area (Å²) in [5.74, 6) is 0. The van der Waals surface area contributed by atoms with E-state index in [1.165, 1.54) is 12.5 Å². The second-order valence-electron chi connectivity index (χ2n) is 0.723. The summed E-state index contributed by atoms with van der Waals surface area (Å²) in [6, 6.07) is 0. The Hall–Kier alpha value is 1.03. The third-order valence-corrected chi connectivity index (χ3v) is 0.384. The van der Waals surface area contributed by atoms with Gasteiger partial charge in [0.25, 0.3) is 0 Å². The van der Waals surface area contributed by atoms with Gasteiger partial charge in [-0.05, 0) is 0 Å². The maximum Gasteiger partial charge on any atom is 0.229 e. The summed E-state index contributed by atoms with van der Waals surface area (Å²) in [6.45, 7) is 0.389. The molecule has 0 atom stereocenters. The molecule has 1 radical (unpaired) electrons. The maximum atomic E-state index is 4.54. The van der Waals surface area contributed by atoms with E-state index in [0.29, 0.717) is 6.79 Å². The zero-order valence-electron chi connectivity index (χ0n) is 4.09. The zero-order chi connectivity index (χ0) is 3.54. The molecule has 0 aromatic rings. The van der Waals surface area contributed by atoms with Crippen molar-refractivity contribution in [3.05, 3.63) is 12.5 Å². The van der Waals surface area contributed by atoms with Crippen molar-refractivity contribution in [3.8, 4) is 0 Å². The van der Waals surface area contributed by atoms with Crippen LogP contribution in [0.25, 0.3) is 0 Å². The summed E-state index contributed by atoms with van der Waals surface area (Å²) in [5.41, 5.74) is 0. The maximum absolute atomic E-state index is 4.54. The molecule has 4 heteroatoms. The standard InChI is InChI=1S/C3H4O2.Mo.Na/c1-2-5-3-4-1;;/h1-2H,3H2;;. The summed E-state index contributed by atoms with van der Waals surface area (Å²) < 4.78 is 9.08. The molecule has 0 aromatic carbocycles. The first-order valence-electron chi connectivity index (χ1n) is 1.38. The van der Waals surface area contributed by atoms with E-state index < -0.39 is 0 Å². The fraction of sp³-hybridized carbons (Fsp3) is 0.333. The summed E-state index contributed by atoms with van der Waals surface area (Å²) >= 11 is 0. The van der Waals surface area contributed by atoms with E-state index in [2.05, 4.69) is 9.47 Å². The van der Waals surface area contributed by atoms with E-state index in [1.807, 2.05) is 0 Å². The van der Waals surface area contributed by atoms with E-state index >= 15 is 0 Å². The van der Waals surface area contributed by atoms with Gasteiger partial charge in [-0.1, -0.05) is 0 Å². The molecule has 0 N–H and O–H groups in total. The molecule has 1 heterocycles. The monoisotopic (exact) mass is 193 g/mol. The largest absolute Gasteiger partial charge is 0.462 e. The van der Waals surface area contributed by atoms with Crippen LogP contribution in [0.15, 0.2) is 12.5 Å².